The van der Waals surface area contributed by atoms with Gasteiger partial charge in [0.25, 0.3) is 0 Å². The molecule has 0 heterocycles. The predicted octanol–water partition coefficient (Wildman–Crippen LogP) is 2.91. The first-order chi connectivity index (χ1) is 8.37. The molecule has 0 atom stereocenters. The van der Waals surface area contributed by atoms with E-state index in [4.69, 9.17) is 5.11 Å². The van der Waals surface area contributed by atoms with Crippen molar-refractivity contribution in [2.75, 3.05) is 19.6 Å². The quantitative estimate of drug-likeness (QED) is 0.804. The number of alkyl halides is 3. The normalized spacial score (nSPS) is 18.2. The highest BCUT2D eigenvalue weighted by Gasteiger charge is 2.31. The van der Waals surface area contributed by atoms with Crippen LogP contribution in [0.15, 0.2) is 0 Å². The van der Waals surface area contributed by atoms with Crippen LogP contribution in [-0.2, 0) is 4.79 Å². The second-order valence-electron chi connectivity index (χ2n) is 5.01. The lowest BCUT2D eigenvalue weighted by Crippen LogP contribution is -2.39. The first-order valence-corrected chi connectivity index (χ1v) is 6.38. The maximum atomic E-state index is 12.3. The third-order valence-electron chi connectivity index (χ3n) is 3.34. The van der Waals surface area contributed by atoms with E-state index in [2.05, 4.69) is 0 Å². The topological polar surface area (TPSA) is 40.5 Å². The van der Waals surface area contributed by atoms with Crippen LogP contribution in [0.5, 0.6) is 0 Å². The minimum absolute atomic E-state index is 0.219. The van der Waals surface area contributed by atoms with Crippen molar-refractivity contribution in [2.24, 2.45) is 5.92 Å². The zero-order valence-electron chi connectivity index (χ0n) is 10.4. The summed E-state index contributed by atoms with van der Waals surface area (Å²) in [6.45, 7) is -1.45. The van der Waals surface area contributed by atoms with Gasteiger partial charge >= 0.3 is 12.1 Å². The molecule has 18 heavy (non-hydrogen) atoms. The second kappa shape index (κ2) is 6.97. The minimum atomic E-state index is -4.33. The van der Waals surface area contributed by atoms with E-state index in [0.29, 0.717) is 12.3 Å². The van der Waals surface area contributed by atoms with E-state index in [9.17, 15) is 18.0 Å². The van der Waals surface area contributed by atoms with Gasteiger partial charge in [-0.3, -0.25) is 9.69 Å². The van der Waals surface area contributed by atoms with Crippen molar-refractivity contribution < 1.29 is 23.1 Å². The Kier molecular flexibility index (Phi) is 5.91. The molecule has 3 nitrogen and oxygen atoms in total. The van der Waals surface area contributed by atoms with Gasteiger partial charge in [0.1, 0.15) is 0 Å². The zero-order valence-corrected chi connectivity index (χ0v) is 10.4. The summed E-state index contributed by atoms with van der Waals surface area (Å²) in [6.07, 6.45) is 1.95. The zero-order chi connectivity index (χ0) is 13.6. The van der Waals surface area contributed by atoms with Crippen molar-refractivity contribution in [2.45, 2.75) is 44.7 Å². The van der Waals surface area contributed by atoms with Gasteiger partial charge in [0.15, 0.2) is 0 Å². The van der Waals surface area contributed by atoms with Crippen LogP contribution in [0.25, 0.3) is 0 Å². The highest BCUT2D eigenvalue weighted by atomic mass is 19.4. The van der Waals surface area contributed by atoms with Crippen LogP contribution in [-0.4, -0.2) is 41.8 Å². The van der Waals surface area contributed by atoms with Gasteiger partial charge < -0.3 is 5.11 Å². The molecule has 1 fully saturated rings. The van der Waals surface area contributed by atoms with Gasteiger partial charge in [-0.05, 0) is 18.9 Å². The van der Waals surface area contributed by atoms with Gasteiger partial charge in [0, 0.05) is 0 Å². The third-order valence-corrected chi connectivity index (χ3v) is 3.34. The molecule has 0 aromatic heterocycles. The lowest BCUT2D eigenvalue weighted by Gasteiger charge is -2.26. The number of nitrogens with zero attached hydrogens (tertiary/aromatic N) is 1. The molecule has 0 amide bonds. The van der Waals surface area contributed by atoms with Crippen LogP contribution < -0.4 is 0 Å². The standard InChI is InChI=1S/C12H20F3NO2/c13-12(14,15)9-16(8-11(17)18)7-6-10-4-2-1-3-5-10/h10H,1-9H2,(H,17,18). The number of rotatable bonds is 6. The Hall–Kier alpha value is -0.780. The fourth-order valence-electron chi connectivity index (χ4n) is 2.50. The van der Waals surface area contributed by atoms with Crippen molar-refractivity contribution in [3.05, 3.63) is 0 Å². The van der Waals surface area contributed by atoms with Crippen LogP contribution in [0.2, 0.25) is 0 Å². The van der Waals surface area contributed by atoms with E-state index >= 15 is 0 Å². The summed E-state index contributed by atoms with van der Waals surface area (Å²) in [4.78, 5) is 11.5. The van der Waals surface area contributed by atoms with E-state index in [-0.39, 0.29) is 6.54 Å². The molecule has 1 aliphatic rings. The molecule has 0 unspecified atom stereocenters. The lowest BCUT2D eigenvalue weighted by atomic mass is 9.87. The van der Waals surface area contributed by atoms with Crippen LogP contribution in [0, 0.1) is 5.92 Å². The molecule has 1 saturated carbocycles. The summed E-state index contributed by atoms with van der Waals surface area (Å²) in [5.41, 5.74) is 0. The molecular formula is C12H20F3NO2. The van der Waals surface area contributed by atoms with Gasteiger partial charge in [0.05, 0.1) is 13.1 Å². The van der Waals surface area contributed by atoms with Crippen molar-refractivity contribution in [3.63, 3.8) is 0 Å². The lowest BCUT2D eigenvalue weighted by molar-refractivity contribution is -0.154. The smallest absolute Gasteiger partial charge is 0.401 e. The largest absolute Gasteiger partial charge is 0.480 e. The molecular weight excluding hydrogens is 247 g/mol. The second-order valence-corrected chi connectivity index (χ2v) is 5.01. The van der Waals surface area contributed by atoms with Crippen molar-refractivity contribution in [1.82, 2.24) is 4.90 Å². The third kappa shape index (κ3) is 6.83. The Morgan fingerprint density at radius 2 is 1.83 bits per heavy atom. The Labute approximate surface area is 105 Å². The predicted molar refractivity (Wildman–Crippen MR) is 61.3 cm³/mol. The van der Waals surface area contributed by atoms with Gasteiger partial charge in [-0.2, -0.15) is 13.2 Å². The molecule has 0 aliphatic heterocycles. The van der Waals surface area contributed by atoms with Gasteiger partial charge in [-0.25, -0.2) is 0 Å². The molecule has 0 bridgehead atoms. The Morgan fingerprint density at radius 1 is 1.22 bits per heavy atom. The number of hydrogen-bond donors (Lipinski definition) is 1. The van der Waals surface area contributed by atoms with Gasteiger partial charge in [-0.15, -0.1) is 0 Å². The number of carbonyl (C=O) groups is 1. The summed E-state index contributed by atoms with van der Waals surface area (Å²) in [6, 6.07) is 0. The monoisotopic (exact) mass is 267 g/mol. The number of carboxylic acids is 1. The highest BCUT2D eigenvalue weighted by Crippen LogP contribution is 2.27. The van der Waals surface area contributed by atoms with Crippen molar-refractivity contribution in [3.8, 4) is 0 Å². The van der Waals surface area contributed by atoms with Crippen LogP contribution in [0.3, 0.4) is 0 Å². The number of carboxylic acid groups (broad SMARTS) is 1. The summed E-state index contributed by atoms with van der Waals surface area (Å²) in [5.74, 6) is -0.744. The molecule has 106 valence electrons. The number of halogens is 3. The van der Waals surface area contributed by atoms with E-state index in [1.165, 1.54) is 6.42 Å². The fraction of sp³-hybridized carbons (Fsp3) is 0.917. The molecule has 0 aromatic carbocycles. The molecule has 0 aromatic rings. The van der Waals surface area contributed by atoms with Gasteiger partial charge in [-0.1, -0.05) is 32.1 Å². The first-order valence-electron chi connectivity index (χ1n) is 6.38. The average molecular weight is 267 g/mol. The SMILES string of the molecule is O=C(O)CN(CCC1CCCCC1)CC(F)(F)F. The van der Waals surface area contributed by atoms with Crippen LogP contribution >= 0.6 is 0 Å². The Bertz CT molecular complexity index is 263. The Balaban J connectivity index is 2.37. The van der Waals surface area contributed by atoms with E-state index in [1.54, 1.807) is 0 Å². The van der Waals surface area contributed by atoms with E-state index in [1.807, 2.05) is 0 Å². The summed E-state index contributed by atoms with van der Waals surface area (Å²) in [5, 5.41) is 8.61. The van der Waals surface area contributed by atoms with Crippen molar-refractivity contribution >= 4 is 5.97 Å². The molecule has 1 N–H and O–H groups in total. The molecule has 0 saturated heterocycles. The average Bonchev–Trinajstić information content (AvgIpc) is 2.24. The van der Waals surface area contributed by atoms with E-state index in [0.717, 1.165) is 30.6 Å². The molecule has 6 heteroatoms. The van der Waals surface area contributed by atoms with Gasteiger partial charge in [0.2, 0.25) is 0 Å². The summed E-state index contributed by atoms with van der Waals surface area (Å²) < 4.78 is 36.9. The summed E-state index contributed by atoms with van der Waals surface area (Å²) in [7, 11) is 0. The molecule has 1 rings (SSSR count). The first kappa shape index (κ1) is 15.3. The van der Waals surface area contributed by atoms with Crippen LogP contribution in [0.1, 0.15) is 38.5 Å². The summed E-state index contributed by atoms with van der Waals surface area (Å²) >= 11 is 0. The molecule has 0 radical (unpaired) electrons. The maximum Gasteiger partial charge on any atom is 0.401 e. The fourth-order valence-corrected chi connectivity index (χ4v) is 2.50. The van der Waals surface area contributed by atoms with E-state index < -0.39 is 25.2 Å². The number of aliphatic carboxylic acids is 1. The van der Waals surface area contributed by atoms with Crippen molar-refractivity contribution in [1.29, 1.82) is 0 Å². The number of hydrogen-bond acceptors (Lipinski definition) is 2. The molecule has 1 aliphatic carbocycles. The maximum absolute atomic E-state index is 12.3. The molecule has 0 spiro atoms. The Morgan fingerprint density at radius 3 is 2.33 bits per heavy atom. The highest BCUT2D eigenvalue weighted by molar-refractivity contribution is 5.69. The minimum Gasteiger partial charge on any atom is -0.480 e. The van der Waals surface area contributed by atoms with Crippen LogP contribution in [0.4, 0.5) is 13.2 Å².